The summed E-state index contributed by atoms with van der Waals surface area (Å²) in [6, 6.07) is 1.85. The van der Waals surface area contributed by atoms with E-state index in [1.807, 2.05) is 0 Å². The fraction of sp³-hybridized carbons (Fsp3) is 0.750. The number of hydrogen-bond donors (Lipinski definition) is 1. The predicted octanol–water partition coefficient (Wildman–Crippen LogP) is 4.19. The van der Waals surface area contributed by atoms with Gasteiger partial charge in [0.15, 0.2) is 0 Å². The molecule has 1 saturated heterocycles. The van der Waals surface area contributed by atoms with Gasteiger partial charge in [-0.05, 0) is 49.1 Å². The first-order valence-corrected chi connectivity index (χ1v) is 11.8. The van der Waals surface area contributed by atoms with Crippen molar-refractivity contribution in [3.8, 4) is 0 Å². The summed E-state index contributed by atoms with van der Waals surface area (Å²) in [5.41, 5.74) is -0.0412. The number of halogens is 3. The van der Waals surface area contributed by atoms with Crippen LogP contribution in [0.15, 0.2) is 12.3 Å². The van der Waals surface area contributed by atoms with Crippen molar-refractivity contribution in [2.45, 2.75) is 77.7 Å². The van der Waals surface area contributed by atoms with Crippen LogP contribution in [0.25, 0.3) is 0 Å². The van der Waals surface area contributed by atoms with E-state index in [1.165, 1.54) is 0 Å². The maximum absolute atomic E-state index is 13.8. The van der Waals surface area contributed by atoms with E-state index in [0.717, 1.165) is 51.2 Å². The van der Waals surface area contributed by atoms with Crippen LogP contribution < -0.4 is 5.32 Å². The third-order valence-electron chi connectivity index (χ3n) is 7.83. The molecule has 1 aliphatic carbocycles. The Morgan fingerprint density at radius 1 is 1.34 bits per heavy atom. The van der Waals surface area contributed by atoms with Gasteiger partial charge in [-0.2, -0.15) is 13.2 Å². The molecule has 8 heteroatoms. The van der Waals surface area contributed by atoms with Gasteiger partial charge in [0.1, 0.15) is 0 Å². The van der Waals surface area contributed by atoms with Gasteiger partial charge in [-0.1, -0.05) is 20.8 Å². The number of fused-ring (bicyclic) bond motifs is 1. The number of ether oxygens (including phenoxy) is 1. The number of aromatic nitrogens is 1. The smallest absolute Gasteiger partial charge is 0.381 e. The molecule has 0 aromatic carbocycles. The van der Waals surface area contributed by atoms with E-state index >= 15 is 0 Å². The Labute approximate surface area is 188 Å². The van der Waals surface area contributed by atoms with Crippen LogP contribution >= 0.6 is 0 Å². The van der Waals surface area contributed by atoms with Crippen molar-refractivity contribution in [3.05, 3.63) is 29.1 Å². The Balaban J connectivity index is 1.48. The second kappa shape index (κ2) is 8.93. The lowest BCUT2D eigenvalue weighted by molar-refractivity contribution is -0.146. The van der Waals surface area contributed by atoms with E-state index in [9.17, 15) is 18.0 Å². The molecule has 0 unspecified atom stereocenters. The molecule has 1 N–H and O–H groups in total. The lowest BCUT2D eigenvalue weighted by Gasteiger charge is -2.40. The molecule has 32 heavy (non-hydrogen) atoms. The van der Waals surface area contributed by atoms with Crippen LogP contribution in [0.2, 0.25) is 0 Å². The summed E-state index contributed by atoms with van der Waals surface area (Å²) in [5.74, 6) is 0.692. The summed E-state index contributed by atoms with van der Waals surface area (Å²) in [6.45, 7) is 8.63. The van der Waals surface area contributed by atoms with Gasteiger partial charge in [-0.15, -0.1) is 0 Å². The normalized spacial score (nSPS) is 31.1. The van der Waals surface area contributed by atoms with Crippen LogP contribution in [-0.2, 0) is 28.7 Å². The van der Waals surface area contributed by atoms with Crippen LogP contribution in [0.4, 0.5) is 13.2 Å². The number of amides is 1. The zero-order valence-electron chi connectivity index (χ0n) is 19.2. The van der Waals surface area contributed by atoms with Crippen molar-refractivity contribution in [1.82, 2.24) is 15.2 Å². The lowest BCUT2D eigenvalue weighted by Crippen LogP contribution is -2.49. The van der Waals surface area contributed by atoms with E-state index in [0.29, 0.717) is 36.2 Å². The predicted molar refractivity (Wildman–Crippen MR) is 115 cm³/mol. The van der Waals surface area contributed by atoms with Gasteiger partial charge in [0.05, 0.1) is 17.6 Å². The topological polar surface area (TPSA) is 54.5 Å². The molecule has 1 aromatic heterocycles. The molecule has 2 aliphatic heterocycles. The Morgan fingerprint density at radius 2 is 2.12 bits per heavy atom. The molecular weight excluding hydrogens is 419 g/mol. The Morgan fingerprint density at radius 3 is 2.81 bits per heavy atom. The zero-order valence-corrected chi connectivity index (χ0v) is 19.2. The van der Waals surface area contributed by atoms with Crippen molar-refractivity contribution < 1.29 is 22.7 Å². The third-order valence-corrected chi connectivity index (χ3v) is 7.83. The summed E-state index contributed by atoms with van der Waals surface area (Å²) < 4.78 is 45.0. The van der Waals surface area contributed by atoms with Crippen LogP contribution in [0.5, 0.6) is 0 Å². The van der Waals surface area contributed by atoms with E-state index in [4.69, 9.17) is 4.74 Å². The number of carbonyl (C=O) groups is 1. The highest BCUT2D eigenvalue weighted by atomic mass is 19.4. The molecular formula is C24H34F3N3O2. The Hall–Kier alpha value is -1.67. The molecule has 0 spiro atoms. The molecule has 0 radical (unpaired) electrons. The van der Waals surface area contributed by atoms with Gasteiger partial charge >= 0.3 is 6.18 Å². The van der Waals surface area contributed by atoms with Gasteiger partial charge in [0, 0.05) is 50.1 Å². The number of hydrogen-bond acceptors (Lipinski definition) is 4. The average molecular weight is 454 g/mol. The van der Waals surface area contributed by atoms with E-state index in [-0.39, 0.29) is 24.4 Å². The van der Waals surface area contributed by atoms with Crippen molar-refractivity contribution in [2.75, 3.05) is 19.8 Å². The fourth-order valence-corrected chi connectivity index (χ4v) is 5.68. The maximum Gasteiger partial charge on any atom is 0.417 e. The molecule has 1 aromatic rings. The zero-order chi connectivity index (χ0) is 23.1. The fourth-order valence-electron chi connectivity index (χ4n) is 5.68. The highest BCUT2D eigenvalue weighted by Gasteiger charge is 2.50. The third kappa shape index (κ3) is 4.53. The number of nitrogens with zero attached hydrogens (tertiary/aromatic N) is 2. The van der Waals surface area contributed by atoms with Gasteiger partial charge in [-0.3, -0.25) is 9.78 Å². The van der Waals surface area contributed by atoms with Crippen LogP contribution in [-0.4, -0.2) is 47.6 Å². The first kappa shape index (κ1) is 23.5. The second-order valence-electron chi connectivity index (χ2n) is 10.2. The number of nitrogens with one attached hydrogen (secondary N) is 1. The van der Waals surface area contributed by atoms with Gasteiger partial charge in [0.25, 0.3) is 0 Å². The summed E-state index contributed by atoms with van der Waals surface area (Å²) >= 11 is 0. The highest BCUT2D eigenvalue weighted by Crippen LogP contribution is 2.47. The molecule has 4 atom stereocenters. The van der Waals surface area contributed by atoms with Crippen LogP contribution in [0, 0.1) is 17.3 Å². The molecule has 5 nitrogen and oxygen atoms in total. The summed E-state index contributed by atoms with van der Waals surface area (Å²) in [6.07, 6.45) is 0.473. The minimum atomic E-state index is -4.43. The standard InChI is InChI=1S/C24H34F3N3O2/c1-15(2)23(7-4-19(11-23)29-20-6-9-32-14-16(20)3)22(31)30-8-5-21-17(13-30)10-18(12-28-21)24(25,26)27/h10,12,15-16,19-20,29H,4-9,11,13-14H2,1-3H3/t16-,19+,20-,23-/m0/s1. The van der Waals surface area contributed by atoms with Crippen molar-refractivity contribution in [3.63, 3.8) is 0 Å². The van der Waals surface area contributed by atoms with Gasteiger partial charge in [-0.25, -0.2) is 0 Å². The molecule has 4 rings (SSSR count). The first-order chi connectivity index (χ1) is 15.1. The molecule has 178 valence electrons. The Bertz CT molecular complexity index is 844. The summed E-state index contributed by atoms with van der Waals surface area (Å²) in [4.78, 5) is 19.6. The van der Waals surface area contributed by atoms with Gasteiger partial charge in [0.2, 0.25) is 5.91 Å². The SMILES string of the molecule is CC(C)[C@]1(C(=O)N2CCc3ncc(C(F)(F)F)cc3C2)CC[C@@H](N[C@H]2CCOC[C@@H]2C)C1. The first-order valence-electron chi connectivity index (χ1n) is 11.8. The Kier molecular flexibility index (Phi) is 6.56. The lowest BCUT2D eigenvalue weighted by atomic mass is 9.74. The summed E-state index contributed by atoms with van der Waals surface area (Å²) in [7, 11) is 0. The monoisotopic (exact) mass is 453 g/mol. The number of rotatable bonds is 4. The number of carbonyl (C=O) groups excluding carboxylic acids is 1. The number of pyridine rings is 1. The van der Waals surface area contributed by atoms with E-state index in [2.05, 4.69) is 31.1 Å². The highest BCUT2D eigenvalue weighted by molar-refractivity contribution is 5.83. The van der Waals surface area contributed by atoms with E-state index in [1.54, 1.807) is 4.90 Å². The van der Waals surface area contributed by atoms with Crippen LogP contribution in [0.1, 0.15) is 63.3 Å². The van der Waals surface area contributed by atoms with Crippen LogP contribution in [0.3, 0.4) is 0 Å². The molecule has 3 aliphatic rings. The van der Waals surface area contributed by atoms with Gasteiger partial charge < -0.3 is 15.0 Å². The average Bonchev–Trinajstić information content (AvgIpc) is 3.19. The van der Waals surface area contributed by atoms with Crippen molar-refractivity contribution >= 4 is 5.91 Å². The molecule has 0 bridgehead atoms. The number of alkyl halides is 3. The second-order valence-corrected chi connectivity index (χ2v) is 10.2. The minimum absolute atomic E-state index is 0.0832. The largest absolute Gasteiger partial charge is 0.417 e. The van der Waals surface area contributed by atoms with Crippen molar-refractivity contribution in [2.24, 2.45) is 17.3 Å². The minimum Gasteiger partial charge on any atom is -0.381 e. The molecule has 1 saturated carbocycles. The molecule has 2 fully saturated rings. The van der Waals surface area contributed by atoms with E-state index < -0.39 is 17.2 Å². The molecule has 1 amide bonds. The molecule has 3 heterocycles. The van der Waals surface area contributed by atoms with Crippen molar-refractivity contribution in [1.29, 1.82) is 0 Å². The summed E-state index contributed by atoms with van der Waals surface area (Å²) in [5, 5.41) is 3.79. The maximum atomic E-state index is 13.8. The quantitative estimate of drug-likeness (QED) is 0.743.